The van der Waals surface area contributed by atoms with E-state index < -0.39 is 5.41 Å². The Morgan fingerprint density at radius 3 is 2.42 bits per heavy atom. The zero-order chi connectivity index (χ0) is 14.3. The smallest absolute Gasteiger partial charge is 0.188 e. The van der Waals surface area contributed by atoms with Gasteiger partial charge in [-0.2, -0.15) is 5.26 Å². The normalized spacial score (nSPS) is 17.4. The number of benzene rings is 1. The first-order valence-electron chi connectivity index (χ1n) is 6.45. The van der Waals surface area contributed by atoms with Crippen LogP contribution in [0.1, 0.15) is 42.3 Å². The second kappa shape index (κ2) is 4.47. The molecule has 0 spiro atoms. The van der Waals surface area contributed by atoms with E-state index in [1.54, 1.807) is 0 Å². The lowest BCUT2D eigenvalue weighted by molar-refractivity contribution is -0.0566. The molecule has 3 nitrogen and oxygen atoms in total. The van der Waals surface area contributed by atoms with Crippen LogP contribution >= 0.6 is 0 Å². The van der Waals surface area contributed by atoms with Gasteiger partial charge in [0.25, 0.3) is 0 Å². The summed E-state index contributed by atoms with van der Waals surface area (Å²) < 4.78 is 5.07. The predicted octanol–water partition coefficient (Wildman–Crippen LogP) is 3.02. The summed E-state index contributed by atoms with van der Waals surface area (Å²) in [6, 6.07) is 8.05. The zero-order valence-corrected chi connectivity index (χ0v) is 11.9. The van der Waals surface area contributed by atoms with Crippen LogP contribution in [0.5, 0.6) is 0 Å². The van der Waals surface area contributed by atoms with Crippen molar-refractivity contribution in [2.45, 2.75) is 33.1 Å². The van der Waals surface area contributed by atoms with Crippen molar-refractivity contribution in [3.8, 4) is 6.07 Å². The highest BCUT2D eigenvalue weighted by Gasteiger charge is 2.47. The SMILES string of the molecule is Cc1ccc(C(C)(C)C)cc1C(=O)C1(C#N)COC1. The van der Waals surface area contributed by atoms with Crippen molar-refractivity contribution in [1.82, 2.24) is 0 Å². The van der Waals surface area contributed by atoms with E-state index in [0.717, 1.165) is 11.1 Å². The number of aryl methyl sites for hydroxylation is 1. The van der Waals surface area contributed by atoms with Gasteiger partial charge < -0.3 is 4.74 Å². The van der Waals surface area contributed by atoms with Gasteiger partial charge in [0.15, 0.2) is 11.2 Å². The van der Waals surface area contributed by atoms with Crippen LogP contribution in [0, 0.1) is 23.7 Å². The molecule has 1 aliphatic heterocycles. The number of carbonyl (C=O) groups excluding carboxylic acids is 1. The van der Waals surface area contributed by atoms with E-state index in [9.17, 15) is 10.1 Å². The van der Waals surface area contributed by atoms with E-state index in [0.29, 0.717) is 5.56 Å². The summed E-state index contributed by atoms with van der Waals surface area (Å²) in [5.41, 5.74) is 1.69. The minimum atomic E-state index is -0.971. The molecule has 0 bridgehead atoms. The molecule has 0 radical (unpaired) electrons. The third-order valence-corrected chi connectivity index (χ3v) is 3.69. The van der Waals surface area contributed by atoms with Gasteiger partial charge in [0, 0.05) is 5.56 Å². The van der Waals surface area contributed by atoms with Crippen molar-refractivity contribution in [3.05, 3.63) is 34.9 Å². The van der Waals surface area contributed by atoms with Crippen molar-refractivity contribution in [2.75, 3.05) is 13.2 Å². The van der Waals surface area contributed by atoms with Gasteiger partial charge in [-0.3, -0.25) is 4.79 Å². The molecule has 0 unspecified atom stereocenters. The topological polar surface area (TPSA) is 50.1 Å². The first kappa shape index (κ1) is 13.8. The average molecular weight is 257 g/mol. The van der Waals surface area contributed by atoms with Crippen LogP contribution < -0.4 is 0 Å². The number of ketones is 1. The lowest BCUT2D eigenvalue weighted by Crippen LogP contribution is -2.48. The Labute approximate surface area is 114 Å². The molecule has 0 saturated carbocycles. The molecule has 0 atom stereocenters. The maximum atomic E-state index is 12.6. The van der Waals surface area contributed by atoms with Crippen molar-refractivity contribution < 1.29 is 9.53 Å². The first-order chi connectivity index (χ1) is 8.80. The van der Waals surface area contributed by atoms with Crippen LogP contribution in [-0.4, -0.2) is 19.0 Å². The Balaban J connectivity index is 2.45. The van der Waals surface area contributed by atoms with Gasteiger partial charge in [0.1, 0.15) is 0 Å². The summed E-state index contributed by atoms with van der Waals surface area (Å²) in [7, 11) is 0. The Morgan fingerprint density at radius 1 is 1.37 bits per heavy atom. The highest BCUT2D eigenvalue weighted by molar-refractivity contribution is 6.04. The van der Waals surface area contributed by atoms with Gasteiger partial charge in [-0.1, -0.05) is 32.9 Å². The molecule has 1 aliphatic rings. The van der Waals surface area contributed by atoms with Crippen molar-refractivity contribution in [3.63, 3.8) is 0 Å². The summed E-state index contributed by atoms with van der Waals surface area (Å²) in [6.45, 7) is 8.66. The van der Waals surface area contributed by atoms with Gasteiger partial charge in [-0.25, -0.2) is 0 Å². The molecule has 0 amide bonds. The number of Topliss-reactive ketones (excluding diaryl/α,β-unsaturated/α-hetero) is 1. The quantitative estimate of drug-likeness (QED) is 0.765. The summed E-state index contributed by atoms with van der Waals surface area (Å²) in [4.78, 5) is 12.6. The van der Waals surface area contributed by atoms with E-state index >= 15 is 0 Å². The van der Waals surface area contributed by atoms with Crippen molar-refractivity contribution in [1.29, 1.82) is 5.26 Å². The van der Waals surface area contributed by atoms with Gasteiger partial charge in [-0.15, -0.1) is 0 Å². The molecule has 19 heavy (non-hydrogen) atoms. The van der Waals surface area contributed by atoms with Gasteiger partial charge in [-0.05, 0) is 29.5 Å². The minimum absolute atomic E-state index is 0.0152. The number of rotatable bonds is 2. The number of hydrogen-bond donors (Lipinski definition) is 0. The van der Waals surface area contributed by atoms with Crippen LogP contribution in [0.2, 0.25) is 0 Å². The monoisotopic (exact) mass is 257 g/mol. The molecule has 2 rings (SSSR count). The van der Waals surface area contributed by atoms with Gasteiger partial charge in [0.2, 0.25) is 0 Å². The number of nitrogens with zero attached hydrogens (tertiary/aromatic N) is 1. The molecule has 0 aliphatic carbocycles. The molecule has 1 fully saturated rings. The Bertz CT molecular complexity index is 557. The lowest BCUT2D eigenvalue weighted by atomic mass is 9.77. The molecule has 1 heterocycles. The second-order valence-electron chi connectivity index (χ2n) is 6.30. The molecule has 0 N–H and O–H groups in total. The fourth-order valence-corrected chi connectivity index (χ4v) is 2.14. The van der Waals surface area contributed by atoms with E-state index in [-0.39, 0.29) is 24.4 Å². The fourth-order valence-electron chi connectivity index (χ4n) is 2.14. The first-order valence-corrected chi connectivity index (χ1v) is 6.45. The summed E-state index contributed by atoms with van der Waals surface area (Å²) in [5.74, 6) is -0.107. The fraction of sp³-hybridized carbons (Fsp3) is 0.500. The van der Waals surface area contributed by atoms with Crippen molar-refractivity contribution >= 4 is 5.78 Å². The third kappa shape index (κ3) is 2.29. The number of ether oxygens (including phenoxy) is 1. The highest BCUT2D eigenvalue weighted by Crippen LogP contribution is 2.33. The summed E-state index contributed by atoms with van der Waals surface area (Å²) >= 11 is 0. The van der Waals surface area contributed by atoms with Gasteiger partial charge >= 0.3 is 0 Å². The third-order valence-electron chi connectivity index (χ3n) is 3.69. The highest BCUT2D eigenvalue weighted by atomic mass is 16.5. The molecule has 100 valence electrons. The van der Waals surface area contributed by atoms with E-state index in [4.69, 9.17) is 4.74 Å². The Kier molecular flexibility index (Phi) is 3.24. The van der Waals surface area contributed by atoms with Crippen LogP contribution in [0.3, 0.4) is 0 Å². The Morgan fingerprint density at radius 2 is 2.00 bits per heavy atom. The van der Waals surface area contributed by atoms with E-state index in [1.807, 2.05) is 25.1 Å². The predicted molar refractivity (Wildman–Crippen MR) is 73.1 cm³/mol. The standard InChI is InChI=1S/C16H19NO2/c1-11-5-6-12(15(2,3)4)7-13(11)14(18)16(8-17)9-19-10-16/h5-7H,9-10H2,1-4H3. The van der Waals surface area contributed by atoms with Crippen LogP contribution in [0.4, 0.5) is 0 Å². The minimum Gasteiger partial charge on any atom is -0.377 e. The van der Waals surface area contributed by atoms with Crippen LogP contribution in [0.15, 0.2) is 18.2 Å². The van der Waals surface area contributed by atoms with E-state index in [1.165, 1.54) is 0 Å². The van der Waals surface area contributed by atoms with Crippen molar-refractivity contribution in [2.24, 2.45) is 5.41 Å². The second-order valence-corrected chi connectivity index (χ2v) is 6.30. The number of nitriles is 1. The molecular formula is C16H19NO2. The maximum absolute atomic E-state index is 12.6. The number of carbonyl (C=O) groups is 1. The lowest BCUT2D eigenvalue weighted by Gasteiger charge is -2.34. The summed E-state index contributed by atoms with van der Waals surface area (Å²) in [6.07, 6.45) is 0. The van der Waals surface area contributed by atoms with Gasteiger partial charge in [0.05, 0.1) is 19.3 Å². The Hall–Kier alpha value is -1.66. The maximum Gasteiger partial charge on any atom is 0.188 e. The molecule has 1 aromatic rings. The molecule has 3 heteroatoms. The van der Waals surface area contributed by atoms with Crippen LogP contribution in [-0.2, 0) is 10.2 Å². The summed E-state index contributed by atoms with van der Waals surface area (Å²) in [5, 5.41) is 9.24. The molecular weight excluding hydrogens is 238 g/mol. The average Bonchev–Trinajstić information content (AvgIpc) is 2.27. The zero-order valence-electron chi connectivity index (χ0n) is 11.9. The molecule has 1 saturated heterocycles. The van der Waals surface area contributed by atoms with Crippen LogP contribution in [0.25, 0.3) is 0 Å². The van der Waals surface area contributed by atoms with E-state index in [2.05, 4.69) is 26.8 Å². The number of hydrogen-bond acceptors (Lipinski definition) is 3. The largest absolute Gasteiger partial charge is 0.377 e. The molecule has 0 aromatic heterocycles. The molecule has 1 aromatic carbocycles.